The van der Waals surface area contributed by atoms with Crippen LogP contribution in [0.2, 0.25) is 0 Å². The molecular formula is C21H35N3O5S. The van der Waals surface area contributed by atoms with Crippen molar-refractivity contribution in [1.29, 1.82) is 0 Å². The van der Waals surface area contributed by atoms with Crippen LogP contribution in [0.25, 0.3) is 0 Å². The van der Waals surface area contributed by atoms with Gasteiger partial charge < -0.3 is 15.4 Å². The molecule has 170 valence electrons. The van der Waals surface area contributed by atoms with Crippen molar-refractivity contribution in [2.45, 2.75) is 71.2 Å². The van der Waals surface area contributed by atoms with Crippen molar-refractivity contribution < 1.29 is 22.7 Å². The maximum Gasteiger partial charge on any atom is 0.407 e. The molecule has 0 aliphatic rings. The lowest BCUT2D eigenvalue weighted by Crippen LogP contribution is -2.33. The lowest BCUT2D eigenvalue weighted by Gasteiger charge is -2.19. The first-order valence-corrected chi connectivity index (χ1v) is 11.7. The molecule has 1 aromatic carbocycles. The van der Waals surface area contributed by atoms with Crippen LogP contribution in [0.4, 0.5) is 10.5 Å². The number of ether oxygens (including phenoxy) is 1. The molecule has 0 aromatic heterocycles. The smallest absolute Gasteiger partial charge is 0.407 e. The second kappa shape index (κ2) is 11.3. The number of amides is 2. The van der Waals surface area contributed by atoms with E-state index in [-0.39, 0.29) is 18.2 Å². The molecule has 0 fully saturated rings. The van der Waals surface area contributed by atoms with E-state index in [0.29, 0.717) is 25.2 Å². The van der Waals surface area contributed by atoms with Gasteiger partial charge >= 0.3 is 6.09 Å². The van der Waals surface area contributed by atoms with Gasteiger partial charge in [-0.1, -0.05) is 19.1 Å². The molecule has 1 atom stereocenters. The van der Waals surface area contributed by atoms with Crippen LogP contribution in [0.3, 0.4) is 0 Å². The van der Waals surface area contributed by atoms with Crippen LogP contribution in [0.1, 0.15) is 65.9 Å². The van der Waals surface area contributed by atoms with E-state index < -0.39 is 27.0 Å². The van der Waals surface area contributed by atoms with E-state index >= 15 is 0 Å². The maximum absolute atomic E-state index is 12.0. The molecule has 0 radical (unpaired) electrons. The van der Waals surface area contributed by atoms with E-state index in [1.807, 2.05) is 19.1 Å². The second-order valence-corrected chi connectivity index (χ2v) is 10.9. The summed E-state index contributed by atoms with van der Waals surface area (Å²) in [4.78, 5) is 23.6. The Morgan fingerprint density at radius 2 is 1.67 bits per heavy atom. The Morgan fingerprint density at radius 3 is 2.20 bits per heavy atom. The summed E-state index contributed by atoms with van der Waals surface area (Å²) in [5, 5.41) is 4.96. The zero-order valence-electron chi connectivity index (χ0n) is 18.7. The molecular weight excluding hydrogens is 406 g/mol. The minimum absolute atomic E-state index is 0.00204. The highest BCUT2D eigenvalue weighted by Crippen LogP contribution is 2.18. The molecule has 8 nitrogen and oxygen atoms in total. The van der Waals surface area contributed by atoms with Gasteiger partial charge in [-0.3, -0.25) is 4.79 Å². The lowest BCUT2D eigenvalue weighted by atomic mass is 10.0. The Bertz CT molecular complexity index is 799. The number of rotatable bonds is 10. The van der Waals surface area contributed by atoms with Crippen LogP contribution in [0.15, 0.2) is 24.3 Å². The number of alkyl carbamates (subject to hydrolysis) is 1. The first kappa shape index (κ1) is 25.9. The molecule has 30 heavy (non-hydrogen) atoms. The summed E-state index contributed by atoms with van der Waals surface area (Å²) >= 11 is 0. The molecule has 1 unspecified atom stereocenters. The quantitative estimate of drug-likeness (QED) is 0.482. The summed E-state index contributed by atoms with van der Waals surface area (Å²) in [5.41, 5.74) is 1.09. The standard InChI is InChI=1S/C21H35N3O5S/c1-15(2)30(27,28)23-14-16(3)17-9-11-18(12-10-17)24-19(25)8-7-13-22-20(26)29-21(4,5)6/h9-12,15-16,23H,7-8,13-14H2,1-6H3,(H,22,26)(H,24,25). The molecule has 2 amide bonds. The van der Waals surface area contributed by atoms with Crippen molar-refractivity contribution in [1.82, 2.24) is 10.0 Å². The maximum atomic E-state index is 12.0. The van der Waals surface area contributed by atoms with E-state index in [2.05, 4.69) is 15.4 Å². The predicted octanol–water partition coefficient (Wildman–Crippen LogP) is 3.36. The number of hydrogen-bond donors (Lipinski definition) is 3. The molecule has 0 aliphatic carbocycles. The summed E-state index contributed by atoms with van der Waals surface area (Å²) in [7, 11) is -3.29. The Labute approximate surface area is 180 Å². The van der Waals surface area contributed by atoms with Crippen molar-refractivity contribution in [2.24, 2.45) is 0 Å². The Morgan fingerprint density at radius 1 is 1.07 bits per heavy atom. The molecule has 1 aromatic rings. The monoisotopic (exact) mass is 441 g/mol. The minimum atomic E-state index is -3.29. The number of hydrogen-bond acceptors (Lipinski definition) is 5. The van der Waals surface area contributed by atoms with Crippen molar-refractivity contribution in [3.8, 4) is 0 Å². The van der Waals surface area contributed by atoms with Gasteiger partial charge in [0.2, 0.25) is 15.9 Å². The van der Waals surface area contributed by atoms with Crippen LogP contribution in [-0.4, -0.2) is 44.4 Å². The number of nitrogens with one attached hydrogen (secondary N) is 3. The SMILES string of the molecule is CC(CNS(=O)(=O)C(C)C)c1ccc(NC(=O)CCCNC(=O)OC(C)(C)C)cc1. The highest BCUT2D eigenvalue weighted by Gasteiger charge is 2.17. The van der Waals surface area contributed by atoms with Gasteiger partial charge in [0.15, 0.2) is 0 Å². The van der Waals surface area contributed by atoms with Crippen molar-refractivity contribution in [3.05, 3.63) is 29.8 Å². The molecule has 0 saturated heterocycles. The Hall–Kier alpha value is -2.13. The van der Waals surface area contributed by atoms with E-state index in [9.17, 15) is 18.0 Å². The van der Waals surface area contributed by atoms with E-state index in [4.69, 9.17) is 4.74 Å². The normalized spacial score (nSPS) is 13.0. The van der Waals surface area contributed by atoms with Gasteiger partial charge in [0, 0.05) is 25.2 Å². The topological polar surface area (TPSA) is 114 Å². The number of sulfonamides is 1. The fourth-order valence-corrected chi connectivity index (χ4v) is 3.21. The van der Waals surface area contributed by atoms with Crippen LogP contribution in [0.5, 0.6) is 0 Å². The molecule has 1 rings (SSSR count). The minimum Gasteiger partial charge on any atom is -0.444 e. The third-order valence-electron chi connectivity index (χ3n) is 4.22. The van der Waals surface area contributed by atoms with Gasteiger partial charge in [0.25, 0.3) is 0 Å². The van der Waals surface area contributed by atoms with Crippen molar-refractivity contribution >= 4 is 27.7 Å². The predicted molar refractivity (Wildman–Crippen MR) is 119 cm³/mol. The summed E-state index contributed by atoms with van der Waals surface area (Å²) in [5.74, 6) is -0.145. The van der Waals surface area contributed by atoms with Crippen LogP contribution in [-0.2, 0) is 19.6 Å². The molecule has 0 saturated carbocycles. The third kappa shape index (κ3) is 10.1. The fraction of sp³-hybridized carbons (Fsp3) is 0.619. The van der Waals surface area contributed by atoms with Gasteiger partial charge in [0.1, 0.15) is 5.60 Å². The first-order valence-electron chi connectivity index (χ1n) is 10.2. The average Bonchev–Trinajstić information content (AvgIpc) is 2.62. The number of carbonyl (C=O) groups is 2. The summed E-state index contributed by atoms with van der Waals surface area (Å²) < 4.78 is 31.5. The molecule has 0 heterocycles. The van der Waals surface area contributed by atoms with E-state index in [0.717, 1.165) is 5.56 Å². The van der Waals surface area contributed by atoms with Crippen LogP contribution < -0.4 is 15.4 Å². The molecule has 9 heteroatoms. The second-order valence-electron chi connectivity index (χ2n) is 8.55. The summed E-state index contributed by atoms with van der Waals surface area (Å²) in [6.07, 6.45) is 0.268. The van der Waals surface area contributed by atoms with Gasteiger partial charge in [-0.05, 0) is 64.7 Å². The van der Waals surface area contributed by atoms with Gasteiger partial charge in [-0.15, -0.1) is 0 Å². The first-order chi connectivity index (χ1) is 13.8. The van der Waals surface area contributed by atoms with Gasteiger partial charge in [0.05, 0.1) is 5.25 Å². The molecule has 0 spiro atoms. The molecule has 0 aliphatic heterocycles. The average molecular weight is 442 g/mol. The lowest BCUT2D eigenvalue weighted by molar-refractivity contribution is -0.116. The van der Waals surface area contributed by atoms with Crippen molar-refractivity contribution in [3.63, 3.8) is 0 Å². The Balaban J connectivity index is 2.39. The van der Waals surface area contributed by atoms with E-state index in [1.54, 1.807) is 46.8 Å². The number of anilines is 1. The van der Waals surface area contributed by atoms with Crippen molar-refractivity contribution in [2.75, 3.05) is 18.4 Å². The molecule has 3 N–H and O–H groups in total. The van der Waals surface area contributed by atoms with Gasteiger partial charge in [-0.2, -0.15) is 0 Å². The third-order valence-corrected chi connectivity index (χ3v) is 6.03. The van der Waals surface area contributed by atoms with Crippen LogP contribution in [0, 0.1) is 0 Å². The highest BCUT2D eigenvalue weighted by atomic mass is 32.2. The van der Waals surface area contributed by atoms with Gasteiger partial charge in [-0.25, -0.2) is 17.9 Å². The zero-order chi connectivity index (χ0) is 22.9. The number of carbonyl (C=O) groups excluding carboxylic acids is 2. The zero-order valence-corrected chi connectivity index (χ0v) is 19.6. The van der Waals surface area contributed by atoms with E-state index in [1.165, 1.54) is 0 Å². The summed E-state index contributed by atoms with van der Waals surface area (Å²) in [6, 6.07) is 7.32. The number of benzene rings is 1. The van der Waals surface area contributed by atoms with Crippen LogP contribution >= 0.6 is 0 Å². The largest absolute Gasteiger partial charge is 0.444 e. The molecule has 0 bridgehead atoms. The highest BCUT2D eigenvalue weighted by molar-refractivity contribution is 7.90. The fourth-order valence-electron chi connectivity index (χ4n) is 2.40. The Kier molecular flexibility index (Phi) is 9.77. The summed E-state index contributed by atoms with van der Waals surface area (Å²) in [6.45, 7) is 11.2.